The molecule has 2 rings (SSSR count). The van der Waals surface area contributed by atoms with Crippen molar-refractivity contribution in [2.45, 2.75) is 0 Å². The third-order valence-corrected chi connectivity index (χ3v) is 3.78. The lowest BCUT2D eigenvalue weighted by atomic mass is 10.3. The molecule has 1 aromatic carbocycles. The van der Waals surface area contributed by atoms with E-state index >= 15 is 0 Å². The van der Waals surface area contributed by atoms with Crippen LogP contribution in [0.5, 0.6) is 0 Å². The van der Waals surface area contributed by atoms with E-state index < -0.39 is 0 Å². The summed E-state index contributed by atoms with van der Waals surface area (Å²) in [5, 5.41) is 8.47. The number of halogens is 2. The van der Waals surface area contributed by atoms with Gasteiger partial charge in [-0.2, -0.15) is 0 Å². The van der Waals surface area contributed by atoms with Gasteiger partial charge in [-0.05, 0) is 47.9 Å². The molecule has 0 fully saturated rings. The van der Waals surface area contributed by atoms with Gasteiger partial charge >= 0.3 is 0 Å². The van der Waals surface area contributed by atoms with Crippen molar-refractivity contribution in [3.05, 3.63) is 56.7 Å². The first-order valence-electron chi connectivity index (χ1n) is 5.82. The predicted octanol–water partition coefficient (Wildman–Crippen LogP) is 4.58. The molecule has 0 unspecified atom stereocenters. The number of hydrogen-bond acceptors (Lipinski definition) is 3. The standard InChI is InChI=1S/C14H10Cl2N2OS2/c15-9-6-10(16)8-11(7-9)17-14(20)18-13(19)4-3-12-2-1-5-21-12/h1-8H,(H2,17,18,19,20)/b4-3+. The van der Waals surface area contributed by atoms with E-state index in [9.17, 15) is 4.79 Å². The van der Waals surface area contributed by atoms with Crippen molar-refractivity contribution < 1.29 is 4.79 Å². The van der Waals surface area contributed by atoms with Gasteiger partial charge in [0.15, 0.2) is 5.11 Å². The zero-order chi connectivity index (χ0) is 15.2. The van der Waals surface area contributed by atoms with Crippen LogP contribution in [0, 0.1) is 0 Å². The second-order valence-electron chi connectivity index (χ2n) is 3.95. The number of thiocarbonyl (C=S) groups is 1. The number of thiophene rings is 1. The van der Waals surface area contributed by atoms with E-state index in [4.69, 9.17) is 35.4 Å². The van der Waals surface area contributed by atoms with Crippen LogP contribution in [-0.2, 0) is 4.79 Å². The summed E-state index contributed by atoms with van der Waals surface area (Å²) in [4.78, 5) is 12.7. The van der Waals surface area contributed by atoms with Crippen molar-refractivity contribution >= 4 is 69.5 Å². The van der Waals surface area contributed by atoms with Crippen LogP contribution in [0.3, 0.4) is 0 Å². The predicted molar refractivity (Wildman–Crippen MR) is 94.2 cm³/mol. The fraction of sp³-hybridized carbons (Fsp3) is 0. The molecule has 0 bridgehead atoms. The zero-order valence-electron chi connectivity index (χ0n) is 10.6. The Morgan fingerprint density at radius 3 is 2.57 bits per heavy atom. The Morgan fingerprint density at radius 1 is 1.24 bits per heavy atom. The summed E-state index contributed by atoms with van der Waals surface area (Å²) in [6, 6.07) is 8.76. The van der Waals surface area contributed by atoms with Gasteiger partial charge in [0.05, 0.1) is 0 Å². The van der Waals surface area contributed by atoms with Crippen molar-refractivity contribution in [3.8, 4) is 0 Å². The van der Waals surface area contributed by atoms with E-state index in [0.717, 1.165) is 4.88 Å². The van der Waals surface area contributed by atoms with Crippen LogP contribution < -0.4 is 10.6 Å². The van der Waals surface area contributed by atoms with E-state index in [1.807, 2.05) is 17.5 Å². The Bertz CT molecular complexity index is 664. The van der Waals surface area contributed by atoms with Crippen LogP contribution in [-0.4, -0.2) is 11.0 Å². The molecule has 1 heterocycles. The summed E-state index contributed by atoms with van der Waals surface area (Å²) < 4.78 is 0. The topological polar surface area (TPSA) is 41.1 Å². The summed E-state index contributed by atoms with van der Waals surface area (Å²) >= 11 is 18.4. The lowest BCUT2D eigenvalue weighted by Gasteiger charge is -2.08. The summed E-state index contributed by atoms with van der Waals surface area (Å²) in [6.07, 6.45) is 3.14. The molecular formula is C14H10Cl2N2OS2. The highest BCUT2D eigenvalue weighted by atomic mass is 35.5. The molecule has 2 aromatic rings. The van der Waals surface area contributed by atoms with Crippen LogP contribution in [0.15, 0.2) is 41.8 Å². The van der Waals surface area contributed by atoms with Gasteiger partial charge in [-0.3, -0.25) is 10.1 Å². The smallest absolute Gasteiger partial charge is 0.250 e. The fourth-order valence-corrected chi connectivity index (χ4v) is 2.85. The molecule has 0 aliphatic carbocycles. The number of hydrogen-bond donors (Lipinski definition) is 2. The van der Waals surface area contributed by atoms with Crippen LogP contribution in [0.2, 0.25) is 10.0 Å². The largest absolute Gasteiger partial charge is 0.332 e. The van der Waals surface area contributed by atoms with Gasteiger partial charge in [0.1, 0.15) is 0 Å². The Hall–Kier alpha value is -1.40. The SMILES string of the molecule is O=C(/C=C/c1cccs1)NC(=S)Nc1cc(Cl)cc(Cl)c1. The van der Waals surface area contributed by atoms with Crippen molar-refractivity contribution in [3.63, 3.8) is 0 Å². The monoisotopic (exact) mass is 356 g/mol. The highest BCUT2D eigenvalue weighted by Gasteiger charge is 2.03. The maximum absolute atomic E-state index is 11.7. The lowest BCUT2D eigenvalue weighted by molar-refractivity contribution is -0.115. The normalized spacial score (nSPS) is 10.6. The second kappa shape index (κ2) is 7.56. The Labute approximate surface area is 141 Å². The van der Waals surface area contributed by atoms with E-state index in [0.29, 0.717) is 15.7 Å². The van der Waals surface area contributed by atoms with Gasteiger partial charge in [0, 0.05) is 26.7 Å². The summed E-state index contributed by atoms with van der Waals surface area (Å²) in [5.41, 5.74) is 0.611. The molecule has 1 amide bonds. The average molecular weight is 357 g/mol. The number of nitrogens with one attached hydrogen (secondary N) is 2. The van der Waals surface area contributed by atoms with Crippen molar-refractivity contribution in [2.75, 3.05) is 5.32 Å². The Balaban J connectivity index is 1.90. The Kier molecular flexibility index (Phi) is 5.76. The molecule has 0 atom stereocenters. The molecular weight excluding hydrogens is 347 g/mol. The minimum absolute atomic E-state index is 0.175. The highest BCUT2D eigenvalue weighted by Crippen LogP contribution is 2.22. The van der Waals surface area contributed by atoms with Crippen molar-refractivity contribution in [1.82, 2.24) is 5.32 Å². The van der Waals surface area contributed by atoms with Gasteiger partial charge in [-0.25, -0.2) is 0 Å². The highest BCUT2D eigenvalue weighted by molar-refractivity contribution is 7.80. The second-order valence-corrected chi connectivity index (χ2v) is 6.21. The van der Waals surface area contributed by atoms with Gasteiger partial charge in [0.2, 0.25) is 5.91 Å². The minimum atomic E-state index is -0.311. The molecule has 108 valence electrons. The van der Waals surface area contributed by atoms with Gasteiger partial charge < -0.3 is 5.32 Å². The molecule has 0 saturated heterocycles. The third kappa shape index (κ3) is 5.47. The average Bonchev–Trinajstić information content (AvgIpc) is 2.87. The summed E-state index contributed by atoms with van der Waals surface area (Å²) in [5.74, 6) is -0.311. The lowest BCUT2D eigenvalue weighted by Crippen LogP contribution is -2.32. The first-order chi connectivity index (χ1) is 10.0. The quantitative estimate of drug-likeness (QED) is 0.624. The molecule has 2 N–H and O–H groups in total. The number of rotatable bonds is 3. The first kappa shape index (κ1) is 16.0. The third-order valence-electron chi connectivity index (χ3n) is 2.30. The maximum Gasteiger partial charge on any atom is 0.250 e. The zero-order valence-corrected chi connectivity index (χ0v) is 13.7. The van der Waals surface area contributed by atoms with Crippen LogP contribution in [0.25, 0.3) is 6.08 Å². The number of benzene rings is 1. The molecule has 21 heavy (non-hydrogen) atoms. The number of carbonyl (C=O) groups is 1. The number of anilines is 1. The van der Waals surface area contributed by atoms with Gasteiger partial charge in [0.25, 0.3) is 0 Å². The van der Waals surface area contributed by atoms with Crippen molar-refractivity contribution in [2.24, 2.45) is 0 Å². The molecule has 0 saturated carbocycles. The van der Waals surface area contributed by atoms with Crippen molar-refractivity contribution in [1.29, 1.82) is 0 Å². The minimum Gasteiger partial charge on any atom is -0.332 e. The van der Waals surface area contributed by atoms with E-state index in [-0.39, 0.29) is 11.0 Å². The number of carbonyl (C=O) groups excluding carboxylic acids is 1. The van der Waals surface area contributed by atoms with E-state index in [1.165, 1.54) is 6.08 Å². The molecule has 0 aliphatic heterocycles. The molecule has 0 aliphatic rings. The molecule has 3 nitrogen and oxygen atoms in total. The molecule has 0 spiro atoms. The van der Waals surface area contributed by atoms with Crippen LogP contribution in [0.1, 0.15) is 4.88 Å². The van der Waals surface area contributed by atoms with Crippen LogP contribution >= 0.6 is 46.8 Å². The van der Waals surface area contributed by atoms with Crippen LogP contribution in [0.4, 0.5) is 5.69 Å². The maximum atomic E-state index is 11.7. The first-order valence-corrected chi connectivity index (χ1v) is 7.87. The molecule has 0 radical (unpaired) electrons. The molecule has 7 heteroatoms. The van der Waals surface area contributed by atoms with Gasteiger partial charge in [-0.1, -0.05) is 29.3 Å². The summed E-state index contributed by atoms with van der Waals surface area (Å²) in [7, 11) is 0. The Morgan fingerprint density at radius 2 is 1.95 bits per heavy atom. The van der Waals surface area contributed by atoms with Gasteiger partial charge in [-0.15, -0.1) is 11.3 Å². The summed E-state index contributed by atoms with van der Waals surface area (Å²) in [6.45, 7) is 0. The molecule has 1 aromatic heterocycles. The number of amides is 1. The fourth-order valence-electron chi connectivity index (χ4n) is 1.49. The van der Waals surface area contributed by atoms with E-state index in [2.05, 4.69) is 10.6 Å². The van der Waals surface area contributed by atoms with E-state index in [1.54, 1.807) is 35.6 Å².